The van der Waals surface area contributed by atoms with Gasteiger partial charge in [0, 0.05) is 14.2 Å². The van der Waals surface area contributed by atoms with Crippen molar-refractivity contribution in [1.82, 2.24) is 5.32 Å². The van der Waals surface area contributed by atoms with Gasteiger partial charge in [-0.2, -0.15) is 0 Å². The first-order valence-corrected chi connectivity index (χ1v) is 8.51. The topological polar surface area (TPSA) is 75.6 Å². The first kappa shape index (κ1) is 17.5. The Morgan fingerprint density at radius 1 is 1.35 bits per heavy atom. The van der Waals surface area contributed by atoms with Crippen LogP contribution in [0.4, 0.5) is 4.79 Å². The average molecular weight is 398 g/mol. The molecule has 0 bridgehead atoms. The number of alkyl carbamates (subject to hydrolysis) is 1. The Hall–Kier alpha value is -1.86. The predicted octanol–water partition coefficient (Wildman–Crippen LogP) is 4.26. The lowest BCUT2D eigenvalue weighted by molar-refractivity contribution is -0.137. The van der Waals surface area contributed by atoms with E-state index in [0.29, 0.717) is 0 Å². The van der Waals surface area contributed by atoms with Crippen LogP contribution in [0, 0.1) is 6.92 Å². The summed E-state index contributed by atoms with van der Waals surface area (Å²) >= 11 is 4.84. The van der Waals surface area contributed by atoms with E-state index in [0.717, 1.165) is 19.8 Å². The number of nitrogens with one attached hydrogen (secondary N) is 1. The van der Waals surface area contributed by atoms with Crippen molar-refractivity contribution in [2.45, 2.75) is 26.0 Å². The summed E-state index contributed by atoms with van der Waals surface area (Å²) in [5.41, 5.74) is 0.868. The lowest BCUT2D eigenvalue weighted by atomic mass is 10.2. The van der Waals surface area contributed by atoms with E-state index in [1.165, 1.54) is 11.3 Å². The highest BCUT2D eigenvalue weighted by atomic mass is 79.9. The average Bonchev–Trinajstić information content (AvgIpc) is 2.85. The van der Waals surface area contributed by atoms with Crippen LogP contribution in [0.3, 0.4) is 0 Å². The molecule has 0 spiro atoms. The van der Waals surface area contributed by atoms with Gasteiger partial charge >= 0.3 is 12.1 Å². The molecule has 1 aromatic carbocycles. The molecule has 0 aliphatic heterocycles. The number of rotatable bonds is 6. The minimum atomic E-state index is -0.986. The van der Waals surface area contributed by atoms with Gasteiger partial charge < -0.3 is 15.2 Å². The summed E-state index contributed by atoms with van der Waals surface area (Å²) in [7, 11) is 0. The highest BCUT2D eigenvalue weighted by Crippen LogP contribution is 2.32. The predicted molar refractivity (Wildman–Crippen MR) is 91.5 cm³/mol. The summed E-state index contributed by atoms with van der Waals surface area (Å²) in [6.07, 6.45) is -0.838. The fourth-order valence-corrected chi connectivity index (χ4v) is 3.57. The van der Waals surface area contributed by atoms with E-state index in [9.17, 15) is 9.59 Å². The van der Waals surface area contributed by atoms with Crippen LogP contribution in [-0.4, -0.2) is 17.2 Å². The largest absolute Gasteiger partial charge is 0.481 e. The smallest absolute Gasteiger partial charge is 0.407 e. The number of ether oxygens (including phenoxy) is 1. The van der Waals surface area contributed by atoms with Crippen LogP contribution in [0.5, 0.6) is 0 Å². The van der Waals surface area contributed by atoms with Crippen LogP contribution in [0.1, 0.15) is 27.8 Å². The van der Waals surface area contributed by atoms with E-state index >= 15 is 0 Å². The first-order chi connectivity index (χ1) is 11.0. The van der Waals surface area contributed by atoms with Gasteiger partial charge in [-0.1, -0.05) is 30.3 Å². The number of carbonyl (C=O) groups is 2. The molecule has 0 unspecified atom stereocenters. The van der Waals surface area contributed by atoms with Crippen molar-refractivity contribution >= 4 is 39.3 Å². The van der Waals surface area contributed by atoms with Crippen LogP contribution < -0.4 is 5.32 Å². The molecule has 0 saturated heterocycles. The number of carbonyl (C=O) groups excluding carboxylic acids is 1. The van der Waals surface area contributed by atoms with Crippen molar-refractivity contribution in [2.24, 2.45) is 0 Å². The molecule has 1 aromatic heterocycles. The van der Waals surface area contributed by atoms with Gasteiger partial charge in [0.15, 0.2) is 0 Å². The molecule has 0 fully saturated rings. The third-order valence-electron chi connectivity index (χ3n) is 3.10. The quantitative estimate of drug-likeness (QED) is 0.763. The first-order valence-electron chi connectivity index (χ1n) is 6.90. The Morgan fingerprint density at radius 2 is 2.04 bits per heavy atom. The summed E-state index contributed by atoms with van der Waals surface area (Å²) in [4.78, 5) is 24.8. The third kappa shape index (κ3) is 5.37. The van der Waals surface area contributed by atoms with Crippen LogP contribution in [0.25, 0.3) is 0 Å². The Kier molecular flexibility index (Phi) is 6.18. The Bertz CT molecular complexity index is 667. The molecule has 23 heavy (non-hydrogen) atoms. The van der Waals surface area contributed by atoms with Gasteiger partial charge in [0.1, 0.15) is 6.61 Å². The number of aliphatic carboxylic acids is 1. The van der Waals surface area contributed by atoms with Crippen LogP contribution in [0.2, 0.25) is 0 Å². The minimum Gasteiger partial charge on any atom is -0.481 e. The molecule has 1 amide bonds. The number of hydrogen-bond donors (Lipinski definition) is 2. The zero-order valence-corrected chi connectivity index (χ0v) is 14.8. The highest BCUT2D eigenvalue weighted by Gasteiger charge is 2.21. The van der Waals surface area contributed by atoms with E-state index < -0.39 is 18.1 Å². The van der Waals surface area contributed by atoms with Crippen molar-refractivity contribution in [3.05, 3.63) is 56.2 Å². The second-order valence-electron chi connectivity index (χ2n) is 4.91. The molecule has 0 aliphatic carbocycles. The molecular weight excluding hydrogens is 382 g/mol. The second-order valence-corrected chi connectivity index (χ2v) is 7.05. The van der Waals surface area contributed by atoms with Gasteiger partial charge in [-0.05, 0) is 34.5 Å². The monoisotopic (exact) mass is 397 g/mol. The van der Waals surface area contributed by atoms with Gasteiger partial charge in [0.25, 0.3) is 0 Å². The van der Waals surface area contributed by atoms with Crippen molar-refractivity contribution < 1.29 is 19.4 Å². The zero-order chi connectivity index (χ0) is 16.8. The maximum absolute atomic E-state index is 11.9. The maximum Gasteiger partial charge on any atom is 0.407 e. The van der Waals surface area contributed by atoms with Crippen molar-refractivity contribution in [2.75, 3.05) is 0 Å². The van der Waals surface area contributed by atoms with Gasteiger partial charge in [0.2, 0.25) is 0 Å². The summed E-state index contributed by atoms with van der Waals surface area (Å²) in [5.74, 6) is -0.986. The van der Waals surface area contributed by atoms with Crippen LogP contribution >= 0.6 is 27.3 Å². The van der Waals surface area contributed by atoms with Crippen molar-refractivity contribution in [3.63, 3.8) is 0 Å². The number of benzene rings is 1. The summed E-state index contributed by atoms with van der Waals surface area (Å²) < 4.78 is 6.04. The summed E-state index contributed by atoms with van der Waals surface area (Å²) in [6.45, 7) is 2.06. The molecular formula is C16H16BrNO4S. The SMILES string of the molecule is Cc1sc([C@@H](CC(=O)O)NC(=O)OCc2ccccc2)cc1Br. The second kappa shape index (κ2) is 8.12. The Labute approximate surface area is 146 Å². The normalized spacial score (nSPS) is 11.7. The number of halogens is 1. The number of carboxylic acid groups (broad SMARTS) is 1. The Morgan fingerprint density at radius 3 is 2.61 bits per heavy atom. The minimum absolute atomic E-state index is 0.139. The molecule has 122 valence electrons. The van der Waals surface area contributed by atoms with Crippen LogP contribution in [-0.2, 0) is 16.1 Å². The molecule has 7 heteroatoms. The number of aryl methyl sites for hydroxylation is 1. The summed E-state index contributed by atoms with van der Waals surface area (Å²) in [5, 5.41) is 11.7. The zero-order valence-electron chi connectivity index (χ0n) is 12.4. The van der Waals surface area contributed by atoms with E-state index in [1.807, 2.05) is 43.3 Å². The number of hydrogen-bond acceptors (Lipinski definition) is 4. The molecule has 0 saturated carbocycles. The van der Waals surface area contributed by atoms with E-state index in [4.69, 9.17) is 9.84 Å². The fourth-order valence-electron chi connectivity index (χ4n) is 1.96. The number of thiophene rings is 1. The molecule has 2 N–H and O–H groups in total. The lowest BCUT2D eigenvalue weighted by Gasteiger charge is -2.15. The highest BCUT2D eigenvalue weighted by molar-refractivity contribution is 9.10. The van der Waals surface area contributed by atoms with Gasteiger partial charge in [-0.3, -0.25) is 4.79 Å². The van der Waals surface area contributed by atoms with E-state index in [-0.39, 0.29) is 13.0 Å². The molecule has 0 radical (unpaired) electrons. The van der Waals surface area contributed by atoms with Crippen LogP contribution in [0.15, 0.2) is 40.9 Å². The molecule has 5 nitrogen and oxygen atoms in total. The van der Waals surface area contributed by atoms with Gasteiger partial charge in [-0.25, -0.2) is 4.79 Å². The standard InChI is InChI=1S/C16H16BrNO4S/c1-10-12(17)7-14(23-10)13(8-15(19)20)18-16(21)22-9-11-5-3-2-4-6-11/h2-7,13H,8-9H2,1H3,(H,18,21)(H,19,20)/t13-/m1/s1. The molecule has 1 heterocycles. The van der Waals surface area contributed by atoms with Gasteiger partial charge in [-0.15, -0.1) is 11.3 Å². The third-order valence-corrected chi connectivity index (χ3v) is 5.35. The number of amides is 1. The van der Waals surface area contributed by atoms with Crippen molar-refractivity contribution in [3.8, 4) is 0 Å². The Balaban J connectivity index is 1.99. The van der Waals surface area contributed by atoms with E-state index in [1.54, 1.807) is 0 Å². The molecule has 1 atom stereocenters. The lowest BCUT2D eigenvalue weighted by Crippen LogP contribution is -2.30. The maximum atomic E-state index is 11.9. The van der Waals surface area contributed by atoms with Crippen molar-refractivity contribution in [1.29, 1.82) is 0 Å². The molecule has 2 rings (SSSR count). The van der Waals surface area contributed by atoms with Gasteiger partial charge in [0.05, 0.1) is 12.5 Å². The summed E-state index contributed by atoms with van der Waals surface area (Å²) in [6, 6.07) is 10.5. The number of carboxylic acids is 1. The molecule has 2 aromatic rings. The fraction of sp³-hybridized carbons (Fsp3) is 0.250. The molecule has 0 aliphatic rings. The van der Waals surface area contributed by atoms with E-state index in [2.05, 4.69) is 21.2 Å².